The Hall–Kier alpha value is -1.54. The molecule has 2 aliphatic rings. The van der Waals surface area contributed by atoms with Gasteiger partial charge in [0.1, 0.15) is 37.1 Å². The second-order valence-electron chi connectivity index (χ2n) is 8.18. The average Bonchev–Trinajstić information content (AvgIpc) is 2.80. The number of aliphatic hydroxyl groups is 5. The minimum Gasteiger partial charge on any atom is -0.391 e. The van der Waals surface area contributed by atoms with Crippen LogP contribution in [0.25, 0.3) is 0 Å². The molecule has 8 unspecified atom stereocenters. The number of carbonyl (C=O) groups excluding carboxylic acids is 2. The smallest absolute Gasteiger partial charge is 0.196 e. The van der Waals surface area contributed by atoms with E-state index in [2.05, 4.69) is 5.92 Å². The summed E-state index contributed by atoms with van der Waals surface area (Å²) in [7, 11) is 0. The first-order chi connectivity index (χ1) is 16.0. The lowest BCUT2D eigenvalue weighted by atomic mass is 9.98. The number of Topliss-reactive ketones (excluding diaryl/α,β-unsaturated/α-hetero) is 1. The summed E-state index contributed by atoms with van der Waals surface area (Å²) in [6, 6.07) is 0. The molecule has 0 spiro atoms. The SMILES string of the molecule is C#CCO[C@@H]1OC(C)C(=O)C(OOC(C=O)CC(O)[C@@H](C)O)C1O[C@@H]1OC(C)[C@@H](O)C(O)C1O. The molecule has 2 saturated heterocycles. The van der Waals surface area contributed by atoms with Gasteiger partial charge in [0.25, 0.3) is 0 Å². The lowest BCUT2D eigenvalue weighted by Crippen LogP contribution is -2.62. The molecule has 13 nitrogen and oxygen atoms in total. The van der Waals surface area contributed by atoms with E-state index in [1.165, 1.54) is 20.8 Å². The van der Waals surface area contributed by atoms with Crippen molar-refractivity contribution in [2.45, 2.75) is 101 Å². The molecule has 2 rings (SSSR count). The van der Waals surface area contributed by atoms with E-state index in [9.17, 15) is 35.1 Å². The first kappa shape index (κ1) is 28.7. The van der Waals surface area contributed by atoms with Crippen LogP contribution in [0.2, 0.25) is 0 Å². The predicted molar refractivity (Wildman–Crippen MR) is 109 cm³/mol. The highest BCUT2D eigenvalue weighted by Gasteiger charge is 2.51. The van der Waals surface area contributed by atoms with Gasteiger partial charge in [0.15, 0.2) is 36.9 Å². The Labute approximate surface area is 196 Å². The summed E-state index contributed by atoms with van der Waals surface area (Å²) >= 11 is 0. The molecular formula is C21H32O13. The molecule has 0 amide bonds. The van der Waals surface area contributed by atoms with Crippen molar-refractivity contribution in [3.63, 3.8) is 0 Å². The zero-order valence-electron chi connectivity index (χ0n) is 19.0. The van der Waals surface area contributed by atoms with Gasteiger partial charge in [0.2, 0.25) is 0 Å². The number of carbonyl (C=O) groups is 2. The van der Waals surface area contributed by atoms with Crippen molar-refractivity contribution in [3.8, 4) is 12.3 Å². The lowest BCUT2D eigenvalue weighted by Gasteiger charge is -2.44. The third-order valence-corrected chi connectivity index (χ3v) is 5.48. The molecule has 2 heterocycles. The largest absolute Gasteiger partial charge is 0.391 e. The monoisotopic (exact) mass is 492 g/mol. The van der Waals surface area contributed by atoms with Crippen LogP contribution in [0.15, 0.2) is 0 Å². The number of hydrogen-bond acceptors (Lipinski definition) is 13. The molecule has 12 atom stereocenters. The van der Waals surface area contributed by atoms with Crippen LogP contribution < -0.4 is 0 Å². The minimum atomic E-state index is -1.71. The van der Waals surface area contributed by atoms with Gasteiger partial charge in [0.05, 0.1) is 18.3 Å². The van der Waals surface area contributed by atoms with Gasteiger partial charge in [-0.1, -0.05) is 5.92 Å². The van der Waals surface area contributed by atoms with E-state index in [1.54, 1.807) is 0 Å². The molecule has 0 saturated carbocycles. The predicted octanol–water partition coefficient (Wildman–Crippen LogP) is -2.82. The molecule has 0 bridgehead atoms. The number of rotatable bonds is 11. The summed E-state index contributed by atoms with van der Waals surface area (Å²) < 4.78 is 22.0. The summed E-state index contributed by atoms with van der Waals surface area (Å²) in [5.41, 5.74) is 0. The summed E-state index contributed by atoms with van der Waals surface area (Å²) in [4.78, 5) is 34.4. The quantitative estimate of drug-likeness (QED) is 0.0860. The van der Waals surface area contributed by atoms with E-state index in [0.29, 0.717) is 6.29 Å². The maximum Gasteiger partial charge on any atom is 0.196 e. The second-order valence-corrected chi connectivity index (χ2v) is 8.18. The van der Waals surface area contributed by atoms with Crippen LogP contribution in [0.5, 0.6) is 0 Å². The first-order valence-corrected chi connectivity index (χ1v) is 10.7. The van der Waals surface area contributed by atoms with Crippen LogP contribution in [0, 0.1) is 12.3 Å². The molecule has 0 aliphatic carbocycles. The molecule has 13 heteroatoms. The van der Waals surface area contributed by atoms with Crippen molar-refractivity contribution in [1.29, 1.82) is 0 Å². The number of aldehydes is 1. The third kappa shape index (κ3) is 7.00. The molecule has 0 aromatic carbocycles. The zero-order valence-corrected chi connectivity index (χ0v) is 19.0. The molecule has 0 aromatic heterocycles. The molecule has 5 N–H and O–H groups in total. The Bertz CT molecular complexity index is 709. The van der Waals surface area contributed by atoms with Gasteiger partial charge in [-0.2, -0.15) is 0 Å². The highest BCUT2D eigenvalue weighted by atomic mass is 17.2. The highest BCUT2D eigenvalue weighted by molar-refractivity contribution is 5.88. The Morgan fingerprint density at radius 3 is 2.38 bits per heavy atom. The topological polar surface area (TPSA) is 191 Å². The molecule has 194 valence electrons. The summed E-state index contributed by atoms with van der Waals surface area (Å²) in [5.74, 6) is 1.56. The molecule has 0 aromatic rings. The van der Waals surface area contributed by atoms with Crippen molar-refractivity contribution in [2.75, 3.05) is 6.61 Å². The molecular weight excluding hydrogens is 460 g/mol. The van der Waals surface area contributed by atoms with E-state index in [1.807, 2.05) is 0 Å². The van der Waals surface area contributed by atoms with Gasteiger partial charge in [-0.15, -0.1) is 6.42 Å². The van der Waals surface area contributed by atoms with E-state index < -0.39 is 79.4 Å². The molecule has 34 heavy (non-hydrogen) atoms. The maximum absolute atomic E-state index is 12.8. The van der Waals surface area contributed by atoms with Crippen LogP contribution in [0.4, 0.5) is 0 Å². The van der Waals surface area contributed by atoms with Gasteiger partial charge in [-0.25, -0.2) is 9.78 Å². The summed E-state index contributed by atoms with van der Waals surface area (Å²) in [6.45, 7) is 3.91. The Balaban J connectivity index is 2.23. The van der Waals surface area contributed by atoms with Crippen LogP contribution in [-0.2, 0) is 38.3 Å². The number of aliphatic hydroxyl groups excluding tert-OH is 5. The zero-order chi connectivity index (χ0) is 25.6. The molecule has 2 aliphatic heterocycles. The van der Waals surface area contributed by atoms with E-state index in [4.69, 9.17) is 35.1 Å². The minimum absolute atomic E-state index is 0.248. The Kier molecular flexibility index (Phi) is 10.9. The second kappa shape index (κ2) is 13.0. The lowest BCUT2D eigenvalue weighted by molar-refractivity contribution is -0.394. The molecule has 2 fully saturated rings. The van der Waals surface area contributed by atoms with E-state index in [0.717, 1.165) is 0 Å². The number of ketones is 1. The summed E-state index contributed by atoms with van der Waals surface area (Å²) in [5, 5.41) is 49.5. The van der Waals surface area contributed by atoms with Crippen LogP contribution >= 0.6 is 0 Å². The maximum atomic E-state index is 12.8. The molecule has 0 radical (unpaired) electrons. The average molecular weight is 492 g/mol. The van der Waals surface area contributed by atoms with Crippen LogP contribution in [0.1, 0.15) is 27.2 Å². The Morgan fingerprint density at radius 2 is 1.79 bits per heavy atom. The number of hydrogen-bond donors (Lipinski definition) is 5. The highest BCUT2D eigenvalue weighted by Crippen LogP contribution is 2.29. The van der Waals surface area contributed by atoms with E-state index >= 15 is 0 Å². The number of ether oxygens (including phenoxy) is 4. The van der Waals surface area contributed by atoms with Crippen molar-refractivity contribution in [1.82, 2.24) is 0 Å². The van der Waals surface area contributed by atoms with Gasteiger partial charge in [0, 0.05) is 6.42 Å². The fourth-order valence-corrected chi connectivity index (χ4v) is 3.35. The van der Waals surface area contributed by atoms with Crippen molar-refractivity contribution >= 4 is 12.1 Å². The van der Waals surface area contributed by atoms with Gasteiger partial charge in [-0.3, -0.25) is 4.79 Å². The fourth-order valence-electron chi connectivity index (χ4n) is 3.35. The van der Waals surface area contributed by atoms with Gasteiger partial charge < -0.3 is 49.3 Å². The van der Waals surface area contributed by atoms with Crippen molar-refractivity contribution in [3.05, 3.63) is 0 Å². The Morgan fingerprint density at radius 1 is 1.12 bits per heavy atom. The number of terminal acetylenes is 1. The normalized spacial score (nSPS) is 39.1. The van der Waals surface area contributed by atoms with Gasteiger partial charge in [-0.05, 0) is 20.8 Å². The van der Waals surface area contributed by atoms with Gasteiger partial charge >= 0.3 is 0 Å². The first-order valence-electron chi connectivity index (χ1n) is 10.7. The van der Waals surface area contributed by atoms with E-state index in [-0.39, 0.29) is 13.0 Å². The van der Waals surface area contributed by atoms with Crippen LogP contribution in [0.3, 0.4) is 0 Å². The van der Waals surface area contributed by atoms with Crippen LogP contribution in [-0.4, -0.2) is 118 Å². The van der Waals surface area contributed by atoms with Crippen molar-refractivity contribution < 1.29 is 63.8 Å². The summed E-state index contributed by atoms with van der Waals surface area (Å²) in [6.07, 6.45) is -11.2. The fraction of sp³-hybridized carbons (Fsp3) is 0.810. The third-order valence-electron chi connectivity index (χ3n) is 5.48. The van der Waals surface area contributed by atoms with Crippen molar-refractivity contribution in [2.24, 2.45) is 0 Å². The standard InChI is InChI=1S/C21H32O13/c1-5-6-29-21-19(32-20-17(28)16(27)14(25)10(3)30-20)18(15(26)11(4)31-21)34-33-12(8-22)7-13(24)9(2)23/h1,8-14,16-21,23-25,27-28H,6-7H2,2-4H3/t9-,10?,11?,12?,13?,14-,16?,17?,18?,19?,20+,21-/m1/s1.